The summed E-state index contributed by atoms with van der Waals surface area (Å²) in [4.78, 5) is 24.7. The van der Waals surface area contributed by atoms with E-state index in [9.17, 15) is 9.59 Å². The fraction of sp³-hybridized carbons (Fsp3) is 0.273. The Labute approximate surface area is 92.8 Å². The molecule has 0 radical (unpaired) electrons. The van der Waals surface area contributed by atoms with Crippen molar-refractivity contribution in [3.05, 3.63) is 23.8 Å². The Balaban J connectivity index is 2.47. The Bertz CT molecular complexity index is 457. The molecule has 0 saturated carbocycles. The Morgan fingerprint density at radius 1 is 1.38 bits per heavy atom. The van der Waals surface area contributed by atoms with Crippen LogP contribution in [-0.2, 0) is 4.79 Å². The monoisotopic (exact) mass is 220 g/mol. The first kappa shape index (κ1) is 10.6. The molecule has 0 atom stereocenters. The molecule has 16 heavy (non-hydrogen) atoms. The van der Waals surface area contributed by atoms with Crippen LogP contribution in [0, 0.1) is 0 Å². The summed E-state index contributed by atoms with van der Waals surface area (Å²) in [5.74, 6) is -0.453. The van der Waals surface area contributed by atoms with Gasteiger partial charge >= 0.3 is 0 Å². The lowest BCUT2D eigenvalue weighted by Gasteiger charge is -2.14. The summed E-state index contributed by atoms with van der Waals surface area (Å²) in [7, 11) is 1.51. The van der Waals surface area contributed by atoms with Crippen LogP contribution in [0.2, 0.25) is 0 Å². The minimum Gasteiger partial charge on any atom is -0.497 e. The molecule has 2 rings (SSSR count). The van der Waals surface area contributed by atoms with Crippen molar-refractivity contribution in [1.82, 2.24) is 0 Å². The van der Waals surface area contributed by atoms with Gasteiger partial charge in [0, 0.05) is 13.1 Å². The molecule has 0 aromatic heterocycles. The number of benzene rings is 1. The largest absolute Gasteiger partial charge is 0.497 e. The van der Waals surface area contributed by atoms with Gasteiger partial charge in [-0.25, -0.2) is 0 Å². The van der Waals surface area contributed by atoms with Crippen molar-refractivity contribution in [3.63, 3.8) is 0 Å². The number of ketones is 1. The van der Waals surface area contributed by atoms with Crippen LogP contribution in [0.1, 0.15) is 10.4 Å². The molecule has 0 spiro atoms. The molecular formula is C11H12N2O3. The number of hydrogen-bond acceptors (Lipinski definition) is 4. The number of nitrogens with zero attached hydrogens (tertiary/aromatic N) is 1. The highest BCUT2D eigenvalue weighted by molar-refractivity contribution is 6.52. The summed E-state index contributed by atoms with van der Waals surface area (Å²) in [6.07, 6.45) is 0. The second-order valence-electron chi connectivity index (χ2n) is 3.46. The number of amides is 1. The van der Waals surface area contributed by atoms with E-state index >= 15 is 0 Å². The minimum absolute atomic E-state index is 0.324. The van der Waals surface area contributed by atoms with Gasteiger partial charge in [0.1, 0.15) is 5.75 Å². The number of ether oxygens (including phenoxy) is 1. The minimum atomic E-state index is -0.520. The second-order valence-corrected chi connectivity index (χ2v) is 3.46. The molecule has 84 valence electrons. The molecule has 1 amide bonds. The summed E-state index contributed by atoms with van der Waals surface area (Å²) in [6, 6.07) is 4.99. The number of nitrogens with two attached hydrogens (primary N) is 1. The first-order valence-electron chi connectivity index (χ1n) is 4.93. The third-order valence-electron chi connectivity index (χ3n) is 2.53. The van der Waals surface area contributed by atoms with E-state index in [4.69, 9.17) is 10.5 Å². The van der Waals surface area contributed by atoms with Gasteiger partial charge in [-0.3, -0.25) is 9.59 Å². The number of anilines is 1. The summed E-state index contributed by atoms with van der Waals surface area (Å²) in [5.41, 5.74) is 6.40. The van der Waals surface area contributed by atoms with E-state index in [-0.39, 0.29) is 0 Å². The van der Waals surface area contributed by atoms with E-state index in [1.807, 2.05) is 0 Å². The van der Waals surface area contributed by atoms with Crippen molar-refractivity contribution in [3.8, 4) is 5.75 Å². The average Bonchev–Trinajstić information content (AvgIpc) is 2.54. The smallest absolute Gasteiger partial charge is 0.299 e. The van der Waals surface area contributed by atoms with E-state index in [2.05, 4.69) is 0 Å². The van der Waals surface area contributed by atoms with Gasteiger partial charge in [-0.2, -0.15) is 0 Å². The van der Waals surface area contributed by atoms with Crippen LogP contribution in [0.5, 0.6) is 5.75 Å². The maximum Gasteiger partial charge on any atom is 0.299 e. The van der Waals surface area contributed by atoms with Crippen LogP contribution in [0.25, 0.3) is 0 Å². The molecule has 1 aliphatic heterocycles. The number of methoxy groups -OCH3 is 1. The Kier molecular flexibility index (Phi) is 2.62. The van der Waals surface area contributed by atoms with Gasteiger partial charge in [-0.15, -0.1) is 0 Å². The topological polar surface area (TPSA) is 72.6 Å². The zero-order chi connectivity index (χ0) is 11.7. The molecule has 2 N–H and O–H groups in total. The summed E-state index contributed by atoms with van der Waals surface area (Å²) >= 11 is 0. The van der Waals surface area contributed by atoms with Crippen molar-refractivity contribution in [2.24, 2.45) is 5.73 Å². The van der Waals surface area contributed by atoms with E-state index in [0.717, 1.165) is 0 Å². The number of carbonyl (C=O) groups excluding carboxylic acids is 2. The van der Waals surface area contributed by atoms with Crippen LogP contribution in [0.15, 0.2) is 18.2 Å². The zero-order valence-electron chi connectivity index (χ0n) is 8.90. The van der Waals surface area contributed by atoms with Gasteiger partial charge in [0.25, 0.3) is 11.7 Å². The van der Waals surface area contributed by atoms with Gasteiger partial charge in [0.15, 0.2) is 0 Å². The normalized spacial score (nSPS) is 14.2. The molecular weight excluding hydrogens is 208 g/mol. The van der Waals surface area contributed by atoms with Gasteiger partial charge < -0.3 is 15.4 Å². The van der Waals surface area contributed by atoms with Crippen molar-refractivity contribution in [2.45, 2.75) is 0 Å². The highest BCUT2D eigenvalue weighted by Crippen LogP contribution is 2.31. The van der Waals surface area contributed by atoms with Crippen LogP contribution in [0.4, 0.5) is 5.69 Å². The van der Waals surface area contributed by atoms with Crippen LogP contribution >= 0.6 is 0 Å². The van der Waals surface area contributed by atoms with Crippen LogP contribution in [-0.4, -0.2) is 31.9 Å². The molecule has 1 aromatic rings. The van der Waals surface area contributed by atoms with Crippen molar-refractivity contribution >= 4 is 17.4 Å². The molecule has 1 aliphatic rings. The quantitative estimate of drug-likeness (QED) is 0.738. The molecule has 1 aromatic carbocycles. The van der Waals surface area contributed by atoms with Crippen molar-refractivity contribution in [1.29, 1.82) is 0 Å². The molecule has 0 fully saturated rings. The zero-order valence-corrected chi connectivity index (χ0v) is 8.90. The molecule has 5 nitrogen and oxygen atoms in total. The molecule has 0 unspecified atom stereocenters. The summed E-state index contributed by atoms with van der Waals surface area (Å²) < 4.78 is 5.01. The predicted octanol–water partition coefficient (Wildman–Crippen LogP) is 0.183. The highest BCUT2D eigenvalue weighted by Gasteiger charge is 2.35. The maximum absolute atomic E-state index is 11.7. The number of rotatable bonds is 3. The number of Topliss-reactive ketones (excluding diaryl/α,β-unsaturated/α-hetero) is 1. The lowest BCUT2D eigenvalue weighted by molar-refractivity contribution is -0.114. The molecule has 0 bridgehead atoms. The summed E-state index contributed by atoms with van der Waals surface area (Å²) in [5, 5.41) is 0. The van der Waals surface area contributed by atoms with Gasteiger partial charge in [-0.1, -0.05) is 0 Å². The Morgan fingerprint density at radius 3 is 2.75 bits per heavy atom. The van der Waals surface area contributed by atoms with Gasteiger partial charge in [-0.05, 0) is 18.2 Å². The molecule has 0 aliphatic carbocycles. The molecule has 0 saturated heterocycles. The molecule has 5 heteroatoms. The SMILES string of the molecule is COc1ccc2c(c1)C(=O)C(=O)N2CCN. The maximum atomic E-state index is 11.7. The first-order chi connectivity index (χ1) is 7.69. The highest BCUT2D eigenvalue weighted by atomic mass is 16.5. The van der Waals surface area contributed by atoms with Crippen LogP contribution in [0.3, 0.4) is 0 Å². The third kappa shape index (κ3) is 1.45. The fourth-order valence-corrected chi connectivity index (χ4v) is 1.76. The molecule has 1 heterocycles. The van der Waals surface area contributed by atoms with Crippen LogP contribution < -0.4 is 15.4 Å². The van der Waals surface area contributed by atoms with E-state index in [0.29, 0.717) is 30.1 Å². The van der Waals surface area contributed by atoms with E-state index < -0.39 is 11.7 Å². The predicted molar refractivity (Wildman–Crippen MR) is 58.7 cm³/mol. The first-order valence-corrected chi connectivity index (χ1v) is 4.93. The van der Waals surface area contributed by atoms with Gasteiger partial charge in [0.05, 0.1) is 18.4 Å². The van der Waals surface area contributed by atoms with Crippen molar-refractivity contribution < 1.29 is 14.3 Å². The van der Waals surface area contributed by atoms with E-state index in [1.165, 1.54) is 12.0 Å². The lowest BCUT2D eigenvalue weighted by Crippen LogP contribution is -2.34. The van der Waals surface area contributed by atoms with Gasteiger partial charge in [0.2, 0.25) is 0 Å². The van der Waals surface area contributed by atoms with Crippen molar-refractivity contribution in [2.75, 3.05) is 25.1 Å². The van der Waals surface area contributed by atoms with E-state index in [1.54, 1.807) is 18.2 Å². The number of fused-ring (bicyclic) bond motifs is 1. The Hall–Kier alpha value is -1.88. The summed E-state index contributed by atoms with van der Waals surface area (Å²) in [6.45, 7) is 0.675. The standard InChI is InChI=1S/C11H12N2O3/c1-16-7-2-3-9-8(6-7)10(14)11(15)13(9)5-4-12/h2-3,6H,4-5,12H2,1H3. The Morgan fingerprint density at radius 2 is 2.12 bits per heavy atom. The second kappa shape index (κ2) is 3.94. The fourth-order valence-electron chi connectivity index (χ4n) is 1.76. The average molecular weight is 220 g/mol. The third-order valence-corrected chi connectivity index (χ3v) is 2.53. The number of hydrogen-bond donors (Lipinski definition) is 1. The lowest BCUT2D eigenvalue weighted by atomic mass is 10.1. The number of carbonyl (C=O) groups is 2.